The van der Waals surface area contributed by atoms with E-state index >= 15 is 0 Å². The predicted molar refractivity (Wildman–Crippen MR) is 87.0 cm³/mol. The molecule has 0 aliphatic carbocycles. The molecule has 2 aromatic rings. The molecule has 116 valence electrons. The van der Waals surface area contributed by atoms with Gasteiger partial charge < -0.3 is 10.2 Å². The van der Waals surface area contributed by atoms with Gasteiger partial charge in [-0.2, -0.15) is 5.10 Å². The zero-order valence-corrected chi connectivity index (χ0v) is 13.3. The summed E-state index contributed by atoms with van der Waals surface area (Å²) in [6.07, 6.45) is 3.13. The highest BCUT2D eigenvalue weighted by molar-refractivity contribution is 6.31. The zero-order valence-electron chi connectivity index (χ0n) is 12.5. The van der Waals surface area contributed by atoms with Crippen molar-refractivity contribution < 1.29 is 4.79 Å². The van der Waals surface area contributed by atoms with E-state index in [0.717, 1.165) is 40.5 Å². The SMILES string of the molecule is Cc1ccc(NCCC(=O)N2CCc3[nH]ncc3C2)cc1Cl. The van der Waals surface area contributed by atoms with Gasteiger partial charge in [0.25, 0.3) is 0 Å². The Hall–Kier alpha value is -2.01. The Bertz CT molecular complexity index is 683. The molecule has 0 atom stereocenters. The van der Waals surface area contributed by atoms with E-state index < -0.39 is 0 Å². The molecule has 6 heteroatoms. The van der Waals surface area contributed by atoms with Crippen LogP contribution in [0, 0.1) is 6.92 Å². The van der Waals surface area contributed by atoms with Gasteiger partial charge >= 0.3 is 0 Å². The number of carbonyl (C=O) groups is 1. The lowest BCUT2D eigenvalue weighted by atomic mass is 10.1. The number of hydrogen-bond acceptors (Lipinski definition) is 3. The quantitative estimate of drug-likeness (QED) is 0.911. The van der Waals surface area contributed by atoms with Crippen molar-refractivity contribution in [1.82, 2.24) is 15.1 Å². The summed E-state index contributed by atoms with van der Waals surface area (Å²) in [6, 6.07) is 5.84. The Kier molecular flexibility index (Phi) is 4.34. The molecule has 3 rings (SSSR count). The van der Waals surface area contributed by atoms with Gasteiger partial charge in [0.05, 0.1) is 6.20 Å². The number of anilines is 1. The van der Waals surface area contributed by atoms with E-state index in [9.17, 15) is 4.79 Å². The fraction of sp³-hybridized carbons (Fsp3) is 0.375. The molecule has 1 aromatic heterocycles. The van der Waals surface area contributed by atoms with Crippen LogP contribution in [-0.4, -0.2) is 34.1 Å². The van der Waals surface area contributed by atoms with Crippen molar-refractivity contribution in [2.75, 3.05) is 18.4 Å². The summed E-state index contributed by atoms with van der Waals surface area (Å²) in [4.78, 5) is 14.2. The summed E-state index contributed by atoms with van der Waals surface area (Å²) in [5, 5.41) is 11.0. The van der Waals surface area contributed by atoms with E-state index in [-0.39, 0.29) is 5.91 Å². The van der Waals surface area contributed by atoms with Gasteiger partial charge in [-0.1, -0.05) is 17.7 Å². The van der Waals surface area contributed by atoms with Crippen LogP contribution >= 0.6 is 11.6 Å². The van der Waals surface area contributed by atoms with Crippen LogP contribution in [0.1, 0.15) is 23.2 Å². The van der Waals surface area contributed by atoms with Crippen LogP contribution < -0.4 is 5.32 Å². The number of nitrogens with zero attached hydrogens (tertiary/aromatic N) is 2. The maximum Gasteiger partial charge on any atom is 0.224 e. The average molecular weight is 319 g/mol. The van der Waals surface area contributed by atoms with Crippen molar-refractivity contribution >= 4 is 23.2 Å². The van der Waals surface area contributed by atoms with Crippen molar-refractivity contribution in [3.05, 3.63) is 46.2 Å². The topological polar surface area (TPSA) is 61.0 Å². The molecule has 0 unspecified atom stereocenters. The second kappa shape index (κ2) is 6.40. The van der Waals surface area contributed by atoms with Crippen LogP contribution in [0.2, 0.25) is 5.02 Å². The molecule has 0 fully saturated rings. The molecule has 0 radical (unpaired) electrons. The number of H-pyrrole nitrogens is 1. The fourth-order valence-corrected chi connectivity index (χ4v) is 2.79. The lowest BCUT2D eigenvalue weighted by Gasteiger charge is -2.26. The first kappa shape index (κ1) is 14.9. The van der Waals surface area contributed by atoms with E-state index in [0.29, 0.717) is 19.5 Å². The molecule has 2 N–H and O–H groups in total. The highest BCUT2D eigenvalue weighted by Gasteiger charge is 2.21. The predicted octanol–water partition coefficient (Wildman–Crippen LogP) is 2.76. The van der Waals surface area contributed by atoms with Gasteiger partial charge in [-0.15, -0.1) is 0 Å². The van der Waals surface area contributed by atoms with Gasteiger partial charge in [-0.25, -0.2) is 0 Å². The van der Waals surface area contributed by atoms with Crippen LogP contribution in [0.25, 0.3) is 0 Å². The Morgan fingerprint density at radius 1 is 1.50 bits per heavy atom. The van der Waals surface area contributed by atoms with Crippen molar-refractivity contribution in [2.24, 2.45) is 0 Å². The number of rotatable bonds is 4. The second-order valence-corrected chi connectivity index (χ2v) is 5.99. The number of amides is 1. The summed E-state index contributed by atoms with van der Waals surface area (Å²) in [5.41, 5.74) is 4.26. The van der Waals surface area contributed by atoms with E-state index in [1.165, 1.54) is 0 Å². The highest BCUT2D eigenvalue weighted by atomic mass is 35.5. The van der Waals surface area contributed by atoms with Gasteiger partial charge in [0.15, 0.2) is 0 Å². The summed E-state index contributed by atoms with van der Waals surface area (Å²) in [5.74, 6) is 0.164. The Morgan fingerprint density at radius 3 is 3.18 bits per heavy atom. The minimum Gasteiger partial charge on any atom is -0.384 e. The van der Waals surface area contributed by atoms with Crippen LogP contribution in [-0.2, 0) is 17.8 Å². The number of halogens is 1. The van der Waals surface area contributed by atoms with Gasteiger partial charge in [0.1, 0.15) is 0 Å². The maximum absolute atomic E-state index is 12.3. The Morgan fingerprint density at radius 2 is 2.36 bits per heavy atom. The summed E-state index contributed by atoms with van der Waals surface area (Å²) in [6.45, 7) is 3.98. The number of aromatic amines is 1. The monoisotopic (exact) mass is 318 g/mol. The van der Waals surface area contributed by atoms with Crippen molar-refractivity contribution in [3.8, 4) is 0 Å². The third-order valence-corrected chi connectivity index (χ3v) is 4.40. The average Bonchev–Trinajstić information content (AvgIpc) is 2.98. The molecule has 0 spiro atoms. The molecule has 1 aliphatic heterocycles. The van der Waals surface area contributed by atoms with Crippen molar-refractivity contribution in [1.29, 1.82) is 0 Å². The molecule has 1 aromatic carbocycles. The first-order chi connectivity index (χ1) is 10.6. The van der Waals surface area contributed by atoms with Gasteiger partial charge in [-0.05, 0) is 24.6 Å². The molecule has 1 amide bonds. The molecule has 1 aliphatic rings. The first-order valence-corrected chi connectivity index (χ1v) is 7.80. The molecule has 0 bridgehead atoms. The number of benzene rings is 1. The van der Waals surface area contributed by atoms with Crippen molar-refractivity contribution in [3.63, 3.8) is 0 Å². The number of aromatic nitrogens is 2. The minimum atomic E-state index is 0.164. The van der Waals surface area contributed by atoms with Crippen LogP contribution in [0.15, 0.2) is 24.4 Å². The summed E-state index contributed by atoms with van der Waals surface area (Å²) < 4.78 is 0. The fourth-order valence-electron chi connectivity index (χ4n) is 2.61. The third-order valence-electron chi connectivity index (χ3n) is 3.99. The minimum absolute atomic E-state index is 0.164. The second-order valence-electron chi connectivity index (χ2n) is 5.58. The molecular weight excluding hydrogens is 300 g/mol. The van der Waals surface area contributed by atoms with Crippen LogP contribution in [0.4, 0.5) is 5.69 Å². The van der Waals surface area contributed by atoms with Crippen LogP contribution in [0.3, 0.4) is 0 Å². The molecule has 22 heavy (non-hydrogen) atoms. The molecule has 0 saturated carbocycles. The Labute approximate surface area is 134 Å². The van der Waals surface area contributed by atoms with Crippen LogP contribution in [0.5, 0.6) is 0 Å². The smallest absolute Gasteiger partial charge is 0.224 e. The van der Waals surface area contributed by atoms with E-state index in [1.807, 2.05) is 30.0 Å². The first-order valence-electron chi connectivity index (χ1n) is 7.42. The third kappa shape index (κ3) is 3.25. The number of hydrogen-bond donors (Lipinski definition) is 2. The number of nitrogens with one attached hydrogen (secondary N) is 2. The van der Waals surface area contributed by atoms with Crippen molar-refractivity contribution in [2.45, 2.75) is 26.3 Å². The molecule has 2 heterocycles. The lowest BCUT2D eigenvalue weighted by molar-refractivity contribution is -0.131. The van der Waals surface area contributed by atoms with E-state index in [2.05, 4.69) is 15.5 Å². The highest BCUT2D eigenvalue weighted by Crippen LogP contribution is 2.20. The van der Waals surface area contributed by atoms with Gasteiger partial charge in [-0.3, -0.25) is 9.89 Å². The summed E-state index contributed by atoms with van der Waals surface area (Å²) >= 11 is 6.09. The lowest BCUT2D eigenvalue weighted by Crippen LogP contribution is -2.36. The number of carbonyl (C=O) groups excluding carboxylic acids is 1. The van der Waals surface area contributed by atoms with E-state index in [4.69, 9.17) is 11.6 Å². The number of aryl methyl sites for hydroxylation is 1. The largest absolute Gasteiger partial charge is 0.384 e. The normalized spacial score (nSPS) is 13.8. The molecule has 5 nitrogen and oxygen atoms in total. The van der Waals surface area contributed by atoms with Gasteiger partial charge in [0.2, 0.25) is 5.91 Å². The molecule has 0 saturated heterocycles. The standard InChI is InChI=1S/C16H19ClN4O/c1-11-2-3-13(8-14(11)17)18-6-4-16(22)21-7-5-15-12(10-21)9-19-20-15/h2-3,8-9,18H,4-7,10H2,1H3,(H,19,20). The maximum atomic E-state index is 12.3. The van der Waals surface area contributed by atoms with E-state index in [1.54, 1.807) is 6.20 Å². The van der Waals surface area contributed by atoms with Gasteiger partial charge in [0, 0.05) is 54.4 Å². The number of fused-ring (bicyclic) bond motifs is 1. The Balaban J connectivity index is 1.49. The molecular formula is C16H19ClN4O. The zero-order chi connectivity index (χ0) is 15.5. The summed E-state index contributed by atoms with van der Waals surface area (Å²) in [7, 11) is 0.